The summed E-state index contributed by atoms with van der Waals surface area (Å²) in [5, 5.41) is 53.9. The summed E-state index contributed by atoms with van der Waals surface area (Å²) in [4.78, 5) is 14.3. The zero-order valence-corrected chi connectivity index (χ0v) is 22.1. The Bertz CT molecular complexity index is 1080. The molecule has 6 N–H and O–H groups in total. The van der Waals surface area contributed by atoms with Crippen LogP contribution in [0.4, 0.5) is 4.79 Å². The first kappa shape index (κ1) is 28.3. The summed E-state index contributed by atoms with van der Waals surface area (Å²) >= 11 is 0. The molecule has 2 heterocycles. The van der Waals surface area contributed by atoms with Gasteiger partial charge in [0, 0.05) is 25.2 Å². The molecule has 2 aliphatic heterocycles. The van der Waals surface area contributed by atoms with Crippen LogP contribution in [0.3, 0.4) is 0 Å². The maximum atomic E-state index is 12.4. The number of aromatic hydroxyl groups is 1. The molecule has 2 aromatic carbocycles. The number of carbonyl (C=O) groups is 1. The summed E-state index contributed by atoms with van der Waals surface area (Å²) in [5.41, 5.74) is 4.22. The summed E-state index contributed by atoms with van der Waals surface area (Å²) in [7, 11) is 0. The molecule has 5 atom stereocenters. The molecule has 2 fully saturated rings. The summed E-state index contributed by atoms with van der Waals surface area (Å²) in [6, 6.07) is 11.5. The number of nitrogens with one attached hydrogen (secondary N) is 1. The smallest absolute Gasteiger partial charge is 0.317 e. The number of phenolic OH excluding ortho intramolecular Hbond substituents is 1. The molecule has 2 amide bonds. The predicted octanol–water partition coefficient (Wildman–Crippen LogP) is 1.79. The number of amides is 2. The standard InChI is InChI=1S/C29H40N2O7/c1-17-8-11-31(12-9-17)29(37)30-10-7-19-3-5-20(6-4-19)14-21-15-22(23(33)13-18(21)2)28-27(36)26(35)25(34)24(16-32)38-28/h3-6,13,15,17,24-28,32-36H,7-12,14,16H2,1-2H3,(H,30,37)/t24-,25-,26+,27-,28+/m1/s1. The Morgan fingerprint density at radius 1 is 1.03 bits per heavy atom. The van der Waals surface area contributed by atoms with Gasteiger partial charge in [0.2, 0.25) is 0 Å². The molecule has 0 aliphatic carbocycles. The maximum absolute atomic E-state index is 12.4. The minimum Gasteiger partial charge on any atom is -0.508 e. The second-order valence-corrected chi connectivity index (χ2v) is 10.7. The Morgan fingerprint density at radius 3 is 2.34 bits per heavy atom. The molecule has 0 bridgehead atoms. The van der Waals surface area contributed by atoms with Gasteiger partial charge < -0.3 is 40.5 Å². The van der Waals surface area contributed by atoms with Gasteiger partial charge in [-0.15, -0.1) is 0 Å². The van der Waals surface area contributed by atoms with Gasteiger partial charge in [0.25, 0.3) is 0 Å². The molecule has 2 saturated heterocycles. The molecule has 9 heteroatoms. The quantitative estimate of drug-likeness (QED) is 0.322. The molecule has 38 heavy (non-hydrogen) atoms. The van der Waals surface area contributed by atoms with Gasteiger partial charge in [-0.3, -0.25) is 0 Å². The number of benzene rings is 2. The first-order chi connectivity index (χ1) is 18.2. The number of aliphatic hydroxyl groups is 4. The lowest BCUT2D eigenvalue weighted by Gasteiger charge is -2.40. The van der Waals surface area contributed by atoms with Crippen molar-refractivity contribution in [2.24, 2.45) is 5.92 Å². The van der Waals surface area contributed by atoms with Crippen LogP contribution in [-0.2, 0) is 17.6 Å². The highest BCUT2D eigenvalue weighted by molar-refractivity contribution is 5.74. The number of piperidine rings is 1. The molecule has 0 spiro atoms. The number of hydrogen-bond acceptors (Lipinski definition) is 7. The van der Waals surface area contributed by atoms with Crippen LogP contribution in [-0.4, -0.2) is 87.1 Å². The Labute approximate surface area is 223 Å². The van der Waals surface area contributed by atoms with Crippen LogP contribution in [0.5, 0.6) is 5.75 Å². The fourth-order valence-corrected chi connectivity index (χ4v) is 5.21. The van der Waals surface area contributed by atoms with Crippen molar-refractivity contribution in [1.29, 1.82) is 0 Å². The number of likely N-dealkylation sites (tertiary alicyclic amines) is 1. The third kappa shape index (κ3) is 6.47. The summed E-state index contributed by atoms with van der Waals surface area (Å²) in [5.74, 6) is 0.592. The molecule has 4 rings (SSSR count). The van der Waals surface area contributed by atoms with Gasteiger partial charge in [0.15, 0.2) is 0 Å². The predicted molar refractivity (Wildman–Crippen MR) is 142 cm³/mol. The van der Waals surface area contributed by atoms with Crippen molar-refractivity contribution in [2.45, 2.75) is 70.1 Å². The number of carbonyl (C=O) groups excluding carboxylic acids is 1. The summed E-state index contributed by atoms with van der Waals surface area (Å²) in [6.45, 7) is 5.78. The minimum absolute atomic E-state index is 0.00605. The van der Waals surface area contributed by atoms with E-state index in [9.17, 15) is 30.3 Å². The van der Waals surface area contributed by atoms with E-state index in [4.69, 9.17) is 4.74 Å². The van der Waals surface area contributed by atoms with E-state index >= 15 is 0 Å². The summed E-state index contributed by atoms with van der Waals surface area (Å²) < 4.78 is 5.65. The van der Waals surface area contributed by atoms with Crippen LogP contribution in [0.1, 0.15) is 53.7 Å². The van der Waals surface area contributed by atoms with E-state index in [1.807, 2.05) is 36.1 Å². The van der Waals surface area contributed by atoms with Gasteiger partial charge in [-0.1, -0.05) is 31.2 Å². The van der Waals surface area contributed by atoms with Crippen molar-refractivity contribution >= 4 is 6.03 Å². The minimum atomic E-state index is -1.52. The largest absolute Gasteiger partial charge is 0.508 e. The van der Waals surface area contributed by atoms with Gasteiger partial charge >= 0.3 is 6.03 Å². The lowest BCUT2D eigenvalue weighted by Crippen LogP contribution is -2.55. The van der Waals surface area contributed by atoms with E-state index in [0.29, 0.717) is 18.9 Å². The van der Waals surface area contributed by atoms with E-state index in [-0.39, 0.29) is 17.3 Å². The second-order valence-electron chi connectivity index (χ2n) is 10.7. The van der Waals surface area contributed by atoms with Crippen molar-refractivity contribution in [1.82, 2.24) is 10.2 Å². The van der Waals surface area contributed by atoms with E-state index in [1.165, 1.54) is 0 Å². The van der Waals surface area contributed by atoms with Gasteiger partial charge in [0.1, 0.15) is 36.3 Å². The van der Waals surface area contributed by atoms with Crippen LogP contribution in [0.15, 0.2) is 36.4 Å². The average Bonchev–Trinajstić information content (AvgIpc) is 2.90. The van der Waals surface area contributed by atoms with Gasteiger partial charge in [-0.05, 0) is 72.9 Å². The molecule has 0 aromatic heterocycles. The Hall–Kier alpha value is -2.69. The zero-order chi connectivity index (χ0) is 27.4. The van der Waals surface area contributed by atoms with Crippen LogP contribution in [0.25, 0.3) is 0 Å². The number of urea groups is 1. The second kappa shape index (κ2) is 12.4. The molecule has 0 radical (unpaired) electrons. The number of aliphatic hydroxyl groups excluding tert-OH is 4. The van der Waals surface area contributed by atoms with Crippen LogP contribution in [0.2, 0.25) is 0 Å². The van der Waals surface area contributed by atoms with Crippen molar-refractivity contribution < 1.29 is 35.1 Å². The monoisotopic (exact) mass is 528 g/mol. The molecule has 208 valence electrons. The van der Waals surface area contributed by atoms with E-state index in [0.717, 1.165) is 54.6 Å². The van der Waals surface area contributed by atoms with Crippen molar-refractivity contribution in [3.05, 3.63) is 64.2 Å². The number of aryl methyl sites for hydroxylation is 1. The zero-order valence-electron chi connectivity index (χ0n) is 22.1. The Balaban J connectivity index is 1.37. The van der Waals surface area contributed by atoms with E-state index < -0.39 is 37.1 Å². The van der Waals surface area contributed by atoms with Crippen molar-refractivity contribution in [3.8, 4) is 5.75 Å². The first-order valence-corrected chi connectivity index (χ1v) is 13.4. The number of nitrogens with zero attached hydrogens (tertiary/aromatic N) is 1. The number of ether oxygens (including phenoxy) is 1. The third-order valence-electron chi connectivity index (χ3n) is 7.86. The van der Waals surface area contributed by atoms with Gasteiger partial charge in [-0.25, -0.2) is 4.79 Å². The number of phenols is 1. The van der Waals surface area contributed by atoms with Crippen LogP contribution >= 0.6 is 0 Å². The van der Waals surface area contributed by atoms with Crippen molar-refractivity contribution in [3.63, 3.8) is 0 Å². The highest BCUT2D eigenvalue weighted by Crippen LogP contribution is 2.38. The van der Waals surface area contributed by atoms with E-state index in [2.05, 4.69) is 12.2 Å². The molecular formula is C29H40N2O7. The molecule has 0 unspecified atom stereocenters. The molecule has 2 aromatic rings. The molecule has 0 saturated carbocycles. The van der Waals surface area contributed by atoms with Crippen molar-refractivity contribution in [2.75, 3.05) is 26.2 Å². The van der Waals surface area contributed by atoms with Gasteiger partial charge in [-0.2, -0.15) is 0 Å². The Kier molecular flexibility index (Phi) is 9.27. The average molecular weight is 529 g/mol. The van der Waals surface area contributed by atoms with E-state index in [1.54, 1.807) is 12.1 Å². The fraction of sp³-hybridized carbons (Fsp3) is 0.552. The number of rotatable bonds is 7. The lowest BCUT2D eigenvalue weighted by atomic mass is 9.88. The van der Waals surface area contributed by atoms with Crippen LogP contribution < -0.4 is 5.32 Å². The molecule has 2 aliphatic rings. The highest BCUT2D eigenvalue weighted by atomic mass is 16.5. The fourth-order valence-electron chi connectivity index (χ4n) is 5.21. The summed E-state index contributed by atoms with van der Waals surface area (Å²) in [6.07, 6.45) is -3.18. The molecule has 9 nitrogen and oxygen atoms in total. The lowest BCUT2D eigenvalue weighted by molar-refractivity contribution is -0.232. The Morgan fingerprint density at radius 2 is 1.68 bits per heavy atom. The molecular weight excluding hydrogens is 488 g/mol. The topological polar surface area (TPSA) is 143 Å². The third-order valence-corrected chi connectivity index (χ3v) is 7.86. The maximum Gasteiger partial charge on any atom is 0.317 e. The highest BCUT2D eigenvalue weighted by Gasteiger charge is 2.44. The van der Waals surface area contributed by atoms with Gasteiger partial charge in [0.05, 0.1) is 6.61 Å². The number of hydrogen-bond donors (Lipinski definition) is 6. The first-order valence-electron chi connectivity index (χ1n) is 13.4. The normalized spacial score (nSPS) is 26.4. The van der Waals surface area contributed by atoms with Crippen LogP contribution in [0, 0.1) is 12.8 Å². The SMILES string of the molecule is Cc1cc(O)c([C@@H]2O[C@H](CO)[C@@H](O)[C@H](O)[C@H]2O)cc1Cc1ccc(CCNC(=O)N2CCC(C)CC2)cc1.